The van der Waals surface area contributed by atoms with Gasteiger partial charge in [-0.1, -0.05) is 6.07 Å². The highest BCUT2D eigenvalue weighted by molar-refractivity contribution is 5.79. The maximum absolute atomic E-state index is 11.0. The summed E-state index contributed by atoms with van der Waals surface area (Å²) in [6.07, 6.45) is 2.46. The molecule has 1 N–H and O–H groups in total. The number of aromatic nitrogens is 1. The van der Waals surface area contributed by atoms with Crippen molar-refractivity contribution in [2.75, 3.05) is 6.54 Å². The number of nitrogens with zero attached hydrogens (tertiary/aromatic N) is 1. The van der Waals surface area contributed by atoms with Gasteiger partial charge in [-0.15, -0.1) is 0 Å². The molecule has 2 rings (SSSR count). The van der Waals surface area contributed by atoms with Crippen LogP contribution in [-0.4, -0.2) is 17.4 Å². The molecule has 0 radical (unpaired) electrons. The summed E-state index contributed by atoms with van der Waals surface area (Å²) < 4.78 is 0. The lowest BCUT2D eigenvalue weighted by molar-refractivity contribution is -0.119. The molecule has 0 spiro atoms. The summed E-state index contributed by atoms with van der Waals surface area (Å²) in [4.78, 5) is 15.2. The molecule has 1 aliphatic heterocycles. The first-order valence-corrected chi connectivity index (χ1v) is 4.45. The van der Waals surface area contributed by atoms with E-state index in [-0.39, 0.29) is 5.91 Å². The van der Waals surface area contributed by atoms with Gasteiger partial charge < -0.3 is 5.32 Å². The topological polar surface area (TPSA) is 42.0 Å². The van der Waals surface area contributed by atoms with Crippen LogP contribution in [0.4, 0.5) is 0 Å². The number of amides is 1. The van der Waals surface area contributed by atoms with Gasteiger partial charge in [-0.05, 0) is 18.6 Å². The van der Waals surface area contributed by atoms with Crippen LogP contribution in [0.3, 0.4) is 0 Å². The first-order chi connectivity index (χ1) is 6.25. The quantitative estimate of drug-likeness (QED) is 0.693. The molecule has 1 fully saturated rings. The van der Waals surface area contributed by atoms with E-state index in [9.17, 15) is 4.79 Å². The molecule has 1 aliphatic rings. The number of pyridine rings is 1. The Morgan fingerprint density at radius 3 is 2.92 bits per heavy atom. The van der Waals surface area contributed by atoms with Crippen LogP contribution in [0, 0.1) is 6.92 Å². The molecular formula is C10H12N2O. The lowest BCUT2D eigenvalue weighted by Crippen LogP contribution is -2.13. The monoisotopic (exact) mass is 176 g/mol. The zero-order valence-corrected chi connectivity index (χ0v) is 7.58. The minimum atomic E-state index is 0.144. The maximum atomic E-state index is 11.0. The predicted molar refractivity (Wildman–Crippen MR) is 49.3 cm³/mol. The Balaban J connectivity index is 2.17. The second-order valence-electron chi connectivity index (χ2n) is 3.44. The molecule has 1 saturated heterocycles. The van der Waals surface area contributed by atoms with Gasteiger partial charge in [0.25, 0.3) is 0 Å². The molecule has 1 aromatic rings. The Bertz CT molecular complexity index is 318. The van der Waals surface area contributed by atoms with Gasteiger partial charge in [0.15, 0.2) is 0 Å². The molecular weight excluding hydrogens is 164 g/mol. The number of aryl methyl sites for hydroxylation is 1. The number of hydrogen-bond donors (Lipinski definition) is 1. The maximum Gasteiger partial charge on any atom is 0.220 e. The SMILES string of the molecule is Cc1ccc(C2CNC(=O)C2)cn1. The van der Waals surface area contributed by atoms with E-state index in [4.69, 9.17) is 0 Å². The smallest absolute Gasteiger partial charge is 0.220 e. The number of hydrogen-bond acceptors (Lipinski definition) is 2. The van der Waals surface area contributed by atoms with E-state index in [1.807, 2.05) is 25.3 Å². The first kappa shape index (κ1) is 8.23. The zero-order valence-electron chi connectivity index (χ0n) is 7.58. The van der Waals surface area contributed by atoms with E-state index in [2.05, 4.69) is 10.3 Å². The molecule has 0 saturated carbocycles. The summed E-state index contributed by atoms with van der Waals surface area (Å²) in [5.74, 6) is 0.464. The van der Waals surface area contributed by atoms with Crippen molar-refractivity contribution in [1.29, 1.82) is 0 Å². The predicted octanol–water partition coefficient (Wildman–Crippen LogP) is 0.994. The minimum Gasteiger partial charge on any atom is -0.355 e. The molecule has 0 aliphatic carbocycles. The highest BCUT2D eigenvalue weighted by Gasteiger charge is 2.22. The Hall–Kier alpha value is -1.38. The van der Waals surface area contributed by atoms with Gasteiger partial charge in [0, 0.05) is 30.8 Å². The van der Waals surface area contributed by atoms with Crippen molar-refractivity contribution in [3.05, 3.63) is 29.6 Å². The molecule has 1 aromatic heterocycles. The van der Waals surface area contributed by atoms with E-state index in [1.54, 1.807) is 0 Å². The van der Waals surface area contributed by atoms with Gasteiger partial charge in [0.2, 0.25) is 5.91 Å². The number of carbonyl (C=O) groups excluding carboxylic acids is 1. The van der Waals surface area contributed by atoms with Crippen LogP contribution in [0.5, 0.6) is 0 Å². The molecule has 1 unspecified atom stereocenters. The number of nitrogens with one attached hydrogen (secondary N) is 1. The van der Waals surface area contributed by atoms with E-state index in [0.29, 0.717) is 12.3 Å². The van der Waals surface area contributed by atoms with E-state index in [0.717, 1.165) is 17.8 Å². The minimum absolute atomic E-state index is 0.144. The Morgan fingerprint density at radius 2 is 2.38 bits per heavy atom. The van der Waals surface area contributed by atoms with Gasteiger partial charge in [-0.25, -0.2) is 0 Å². The molecule has 3 heteroatoms. The van der Waals surface area contributed by atoms with Crippen LogP contribution in [0.25, 0.3) is 0 Å². The van der Waals surface area contributed by atoms with Crippen LogP contribution in [0.1, 0.15) is 23.6 Å². The Kier molecular flexibility index (Phi) is 2.00. The van der Waals surface area contributed by atoms with Crippen LogP contribution in [0.2, 0.25) is 0 Å². The van der Waals surface area contributed by atoms with Gasteiger partial charge >= 0.3 is 0 Å². The highest BCUT2D eigenvalue weighted by atomic mass is 16.1. The molecule has 3 nitrogen and oxygen atoms in total. The lowest BCUT2D eigenvalue weighted by Gasteiger charge is -2.06. The second kappa shape index (κ2) is 3.17. The standard InChI is InChI=1S/C10H12N2O/c1-7-2-3-8(5-11-7)9-4-10(13)12-6-9/h2-3,5,9H,4,6H2,1H3,(H,12,13). The van der Waals surface area contributed by atoms with Crippen molar-refractivity contribution in [3.8, 4) is 0 Å². The fourth-order valence-corrected chi connectivity index (χ4v) is 1.56. The highest BCUT2D eigenvalue weighted by Crippen LogP contribution is 2.21. The Morgan fingerprint density at radius 1 is 1.54 bits per heavy atom. The van der Waals surface area contributed by atoms with E-state index in [1.165, 1.54) is 0 Å². The van der Waals surface area contributed by atoms with Gasteiger partial charge in [0.05, 0.1) is 0 Å². The zero-order chi connectivity index (χ0) is 9.26. The molecule has 0 bridgehead atoms. The number of rotatable bonds is 1. The third-order valence-electron chi connectivity index (χ3n) is 2.38. The molecule has 13 heavy (non-hydrogen) atoms. The van der Waals surface area contributed by atoms with E-state index < -0.39 is 0 Å². The van der Waals surface area contributed by atoms with Gasteiger partial charge in [-0.2, -0.15) is 0 Å². The molecule has 68 valence electrons. The summed E-state index contributed by atoms with van der Waals surface area (Å²) in [7, 11) is 0. The lowest BCUT2D eigenvalue weighted by atomic mass is 10.0. The second-order valence-corrected chi connectivity index (χ2v) is 3.44. The fourth-order valence-electron chi connectivity index (χ4n) is 1.56. The number of carbonyl (C=O) groups is 1. The largest absolute Gasteiger partial charge is 0.355 e. The third kappa shape index (κ3) is 1.69. The first-order valence-electron chi connectivity index (χ1n) is 4.45. The molecule has 0 aromatic carbocycles. The normalized spacial score (nSPS) is 21.6. The molecule has 1 atom stereocenters. The van der Waals surface area contributed by atoms with Crippen molar-refractivity contribution in [2.24, 2.45) is 0 Å². The summed E-state index contributed by atoms with van der Waals surface area (Å²) in [6.45, 7) is 2.71. The summed E-state index contributed by atoms with van der Waals surface area (Å²) in [5, 5.41) is 2.82. The molecule has 1 amide bonds. The van der Waals surface area contributed by atoms with Crippen LogP contribution in [0.15, 0.2) is 18.3 Å². The van der Waals surface area contributed by atoms with Gasteiger partial charge in [-0.3, -0.25) is 9.78 Å². The third-order valence-corrected chi connectivity index (χ3v) is 2.38. The molecule has 2 heterocycles. The van der Waals surface area contributed by atoms with E-state index >= 15 is 0 Å². The fraction of sp³-hybridized carbons (Fsp3) is 0.400. The van der Waals surface area contributed by atoms with Crippen molar-refractivity contribution >= 4 is 5.91 Å². The van der Waals surface area contributed by atoms with Crippen molar-refractivity contribution in [3.63, 3.8) is 0 Å². The van der Waals surface area contributed by atoms with Crippen molar-refractivity contribution in [1.82, 2.24) is 10.3 Å². The summed E-state index contributed by atoms with van der Waals surface area (Å²) in [6, 6.07) is 4.03. The summed E-state index contributed by atoms with van der Waals surface area (Å²) >= 11 is 0. The summed E-state index contributed by atoms with van der Waals surface area (Å²) in [5.41, 5.74) is 2.17. The Labute approximate surface area is 77.2 Å². The van der Waals surface area contributed by atoms with Crippen molar-refractivity contribution in [2.45, 2.75) is 19.3 Å². The van der Waals surface area contributed by atoms with Gasteiger partial charge in [0.1, 0.15) is 0 Å². The van der Waals surface area contributed by atoms with Crippen LogP contribution < -0.4 is 5.32 Å². The average Bonchev–Trinajstić information content (AvgIpc) is 2.53. The van der Waals surface area contributed by atoms with Crippen LogP contribution >= 0.6 is 0 Å². The van der Waals surface area contributed by atoms with Crippen LogP contribution in [-0.2, 0) is 4.79 Å². The average molecular weight is 176 g/mol. The van der Waals surface area contributed by atoms with Crippen molar-refractivity contribution < 1.29 is 4.79 Å².